The number of aromatic nitrogens is 3. The van der Waals surface area contributed by atoms with Crippen LogP contribution in [-0.2, 0) is 6.54 Å². The van der Waals surface area contributed by atoms with E-state index in [1.165, 1.54) is 0 Å². The van der Waals surface area contributed by atoms with E-state index in [0.29, 0.717) is 12.6 Å². The van der Waals surface area contributed by atoms with Crippen LogP contribution in [0.1, 0.15) is 18.2 Å². The lowest BCUT2D eigenvalue weighted by molar-refractivity contribution is 0.459. The number of rotatable bonds is 2. The van der Waals surface area contributed by atoms with Crippen LogP contribution in [-0.4, -0.2) is 28.1 Å². The van der Waals surface area contributed by atoms with Gasteiger partial charge >= 0.3 is 0 Å². The number of nitrogens with one attached hydrogen (secondary N) is 1. The van der Waals surface area contributed by atoms with Gasteiger partial charge in [-0.05, 0) is 13.0 Å². The Morgan fingerprint density at radius 2 is 2.36 bits per heavy atom. The van der Waals surface area contributed by atoms with Gasteiger partial charge in [0.1, 0.15) is 0 Å². The number of halogens is 2. The molecular weight excluding hydrogens is 225 g/mol. The van der Waals surface area contributed by atoms with Crippen LogP contribution in [0.3, 0.4) is 0 Å². The first kappa shape index (κ1) is 13.6. The molecule has 0 spiro atoms. The van der Waals surface area contributed by atoms with Crippen molar-refractivity contribution in [2.75, 3.05) is 13.1 Å². The van der Waals surface area contributed by atoms with Crippen molar-refractivity contribution in [2.24, 2.45) is 5.73 Å². The molecule has 1 aromatic rings. The third-order valence-corrected chi connectivity index (χ3v) is 2.24. The Kier molecular flexibility index (Phi) is 6.03. The van der Waals surface area contributed by atoms with E-state index >= 15 is 0 Å². The van der Waals surface area contributed by atoms with Crippen LogP contribution < -0.4 is 11.1 Å². The van der Waals surface area contributed by atoms with E-state index in [2.05, 4.69) is 15.6 Å². The number of nitrogens with two attached hydrogens (primary N) is 1. The lowest BCUT2D eigenvalue weighted by atomic mass is 10.2. The predicted molar refractivity (Wildman–Crippen MR) is 58.9 cm³/mol. The minimum atomic E-state index is 0. The first-order valence-electron chi connectivity index (χ1n) is 4.21. The third kappa shape index (κ3) is 2.57. The van der Waals surface area contributed by atoms with Crippen molar-refractivity contribution in [3.8, 4) is 0 Å². The second kappa shape index (κ2) is 6.19. The summed E-state index contributed by atoms with van der Waals surface area (Å²) < 4.78 is 1.93. The van der Waals surface area contributed by atoms with Crippen molar-refractivity contribution >= 4 is 24.8 Å². The van der Waals surface area contributed by atoms with Crippen LogP contribution in [0.4, 0.5) is 0 Å². The summed E-state index contributed by atoms with van der Waals surface area (Å²) in [7, 11) is 0. The molecule has 1 aliphatic heterocycles. The van der Waals surface area contributed by atoms with E-state index < -0.39 is 0 Å². The SMILES string of the molecule is Cl.Cl.NCc1cnnn1C1CCNC1. The van der Waals surface area contributed by atoms with Crippen molar-refractivity contribution in [1.82, 2.24) is 20.3 Å². The summed E-state index contributed by atoms with van der Waals surface area (Å²) >= 11 is 0. The minimum absolute atomic E-state index is 0. The summed E-state index contributed by atoms with van der Waals surface area (Å²) in [4.78, 5) is 0. The number of hydrogen-bond acceptors (Lipinski definition) is 4. The Morgan fingerprint density at radius 3 is 2.93 bits per heavy atom. The molecule has 3 N–H and O–H groups in total. The minimum Gasteiger partial charge on any atom is -0.325 e. The zero-order valence-corrected chi connectivity index (χ0v) is 9.35. The quantitative estimate of drug-likeness (QED) is 0.770. The molecule has 0 radical (unpaired) electrons. The maximum atomic E-state index is 5.54. The van der Waals surface area contributed by atoms with Gasteiger partial charge in [0.05, 0.1) is 17.9 Å². The predicted octanol–water partition coefficient (Wildman–Crippen LogP) is 0.115. The first-order chi connectivity index (χ1) is 5.92. The topological polar surface area (TPSA) is 68.8 Å². The van der Waals surface area contributed by atoms with Gasteiger partial charge in [-0.1, -0.05) is 5.21 Å². The molecule has 1 saturated heterocycles. The summed E-state index contributed by atoms with van der Waals surface area (Å²) in [6.07, 6.45) is 2.86. The van der Waals surface area contributed by atoms with Crippen molar-refractivity contribution in [1.29, 1.82) is 0 Å². The smallest absolute Gasteiger partial charge is 0.0738 e. The fourth-order valence-electron chi connectivity index (χ4n) is 1.57. The second-order valence-corrected chi connectivity index (χ2v) is 3.02. The molecule has 1 fully saturated rings. The van der Waals surface area contributed by atoms with Gasteiger partial charge in [-0.3, -0.25) is 0 Å². The second-order valence-electron chi connectivity index (χ2n) is 3.02. The Morgan fingerprint density at radius 1 is 1.57 bits per heavy atom. The summed E-state index contributed by atoms with van der Waals surface area (Å²) in [6, 6.07) is 0.450. The molecule has 1 aromatic heterocycles. The van der Waals surface area contributed by atoms with Gasteiger partial charge in [-0.25, -0.2) is 4.68 Å². The van der Waals surface area contributed by atoms with Gasteiger partial charge in [0.2, 0.25) is 0 Å². The molecule has 7 heteroatoms. The van der Waals surface area contributed by atoms with E-state index in [1.54, 1.807) is 6.20 Å². The Labute approximate surface area is 95.2 Å². The highest BCUT2D eigenvalue weighted by molar-refractivity contribution is 5.85. The van der Waals surface area contributed by atoms with Gasteiger partial charge in [0.25, 0.3) is 0 Å². The average molecular weight is 240 g/mol. The van der Waals surface area contributed by atoms with Crippen molar-refractivity contribution in [3.63, 3.8) is 0 Å². The highest BCUT2D eigenvalue weighted by Crippen LogP contribution is 2.14. The summed E-state index contributed by atoms with van der Waals surface area (Å²) in [5, 5.41) is 11.1. The summed E-state index contributed by atoms with van der Waals surface area (Å²) in [6.45, 7) is 2.56. The summed E-state index contributed by atoms with van der Waals surface area (Å²) in [5.41, 5.74) is 6.56. The molecule has 1 aliphatic rings. The summed E-state index contributed by atoms with van der Waals surface area (Å²) in [5.74, 6) is 0. The van der Waals surface area contributed by atoms with Gasteiger partial charge in [-0.15, -0.1) is 29.9 Å². The highest BCUT2D eigenvalue weighted by atomic mass is 35.5. The zero-order valence-electron chi connectivity index (χ0n) is 7.72. The van der Waals surface area contributed by atoms with Gasteiger partial charge in [-0.2, -0.15) is 0 Å². The van der Waals surface area contributed by atoms with E-state index in [1.807, 2.05) is 4.68 Å². The lowest BCUT2D eigenvalue weighted by Crippen LogP contribution is -2.18. The van der Waals surface area contributed by atoms with Gasteiger partial charge in [0, 0.05) is 13.1 Å². The molecule has 0 bridgehead atoms. The van der Waals surface area contributed by atoms with Crippen LogP contribution in [0.15, 0.2) is 6.20 Å². The lowest BCUT2D eigenvalue weighted by Gasteiger charge is -2.10. The van der Waals surface area contributed by atoms with Crippen molar-refractivity contribution < 1.29 is 0 Å². The Bertz CT molecular complexity index is 258. The third-order valence-electron chi connectivity index (χ3n) is 2.24. The van der Waals surface area contributed by atoms with Crippen LogP contribution in [0.5, 0.6) is 0 Å². The van der Waals surface area contributed by atoms with E-state index in [9.17, 15) is 0 Å². The molecule has 14 heavy (non-hydrogen) atoms. The fourth-order valence-corrected chi connectivity index (χ4v) is 1.57. The number of nitrogens with zero attached hydrogens (tertiary/aromatic N) is 3. The normalized spacial score (nSPS) is 19.9. The maximum absolute atomic E-state index is 5.54. The molecule has 82 valence electrons. The molecule has 5 nitrogen and oxygen atoms in total. The molecule has 1 atom stereocenters. The van der Waals surface area contributed by atoms with Crippen molar-refractivity contribution in [3.05, 3.63) is 11.9 Å². The molecule has 2 heterocycles. The Balaban J connectivity index is 0.000000845. The van der Waals surface area contributed by atoms with Crippen LogP contribution in [0.25, 0.3) is 0 Å². The zero-order chi connectivity index (χ0) is 8.39. The molecule has 0 amide bonds. The monoisotopic (exact) mass is 239 g/mol. The van der Waals surface area contributed by atoms with E-state index in [4.69, 9.17) is 5.73 Å². The molecule has 0 saturated carbocycles. The standard InChI is InChI=1S/C7H13N5.2ClH/c8-3-7-5-10-11-12(7)6-1-2-9-4-6;;/h5-6,9H,1-4,8H2;2*1H. The number of hydrogen-bond donors (Lipinski definition) is 2. The van der Waals surface area contributed by atoms with Crippen LogP contribution in [0.2, 0.25) is 0 Å². The van der Waals surface area contributed by atoms with Gasteiger partial charge < -0.3 is 11.1 Å². The maximum Gasteiger partial charge on any atom is 0.0738 e. The molecule has 1 unspecified atom stereocenters. The molecular formula is C7H15Cl2N5. The van der Waals surface area contributed by atoms with E-state index in [0.717, 1.165) is 25.2 Å². The van der Waals surface area contributed by atoms with E-state index in [-0.39, 0.29) is 24.8 Å². The molecule has 2 rings (SSSR count). The van der Waals surface area contributed by atoms with Crippen molar-refractivity contribution in [2.45, 2.75) is 19.0 Å². The Hall–Kier alpha value is -0.360. The fraction of sp³-hybridized carbons (Fsp3) is 0.714. The van der Waals surface area contributed by atoms with Crippen LogP contribution >= 0.6 is 24.8 Å². The van der Waals surface area contributed by atoms with Gasteiger partial charge in [0.15, 0.2) is 0 Å². The first-order valence-corrected chi connectivity index (χ1v) is 4.21. The largest absolute Gasteiger partial charge is 0.325 e. The molecule has 0 aliphatic carbocycles. The average Bonchev–Trinajstić information content (AvgIpc) is 2.74. The molecule has 0 aromatic carbocycles. The van der Waals surface area contributed by atoms with Crippen LogP contribution in [0, 0.1) is 0 Å². The highest BCUT2D eigenvalue weighted by Gasteiger charge is 2.18.